The van der Waals surface area contributed by atoms with Crippen LogP contribution in [0.2, 0.25) is 0 Å². The minimum atomic E-state index is 0. The molecule has 0 N–H and O–H groups in total. The van der Waals surface area contributed by atoms with Crippen LogP contribution in [0.1, 0.15) is 39.5 Å². The Morgan fingerprint density at radius 1 is 1.29 bits per heavy atom. The second-order valence-electron chi connectivity index (χ2n) is 4.67. The van der Waals surface area contributed by atoms with E-state index in [4.69, 9.17) is 0 Å². The van der Waals surface area contributed by atoms with Crippen LogP contribution >= 0.6 is 0 Å². The van der Waals surface area contributed by atoms with Gasteiger partial charge < -0.3 is 18.7 Å². The summed E-state index contributed by atoms with van der Waals surface area (Å²) < 4.78 is 0. The summed E-state index contributed by atoms with van der Waals surface area (Å²) in [6, 6.07) is 0.678. The molecule has 0 atom stereocenters. The van der Waals surface area contributed by atoms with E-state index in [1.807, 2.05) is 0 Å². The number of hydrogen-bond donors (Lipinski definition) is 0. The molecule has 0 aromatic heterocycles. The van der Waals surface area contributed by atoms with Gasteiger partial charge in [-0.2, -0.15) is 12.8 Å². The molecular weight excluding hydrogens is 247 g/mol. The van der Waals surface area contributed by atoms with Crippen molar-refractivity contribution in [2.45, 2.75) is 45.6 Å². The van der Waals surface area contributed by atoms with Crippen molar-refractivity contribution < 1.29 is 32.7 Å². The van der Waals surface area contributed by atoms with Crippen molar-refractivity contribution >= 4 is 0 Å². The molecule has 1 nitrogen and oxygen atoms in total. The summed E-state index contributed by atoms with van der Waals surface area (Å²) in [6.45, 7) is 15.2. The van der Waals surface area contributed by atoms with Gasteiger partial charge in [0.05, 0.1) is 0 Å². The van der Waals surface area contributed by atoms with Crippen molar-refractivity contribution in [2.24, 2.45) is 5.41 Å². The molecular formula is C12H23NY-2. The molecule has 0 bridgehead atoms. The van der Waals surface area contributed by atoms with Gasteiger partial charge in [0.1, 0.15) is 0 Å². The van der Waals surface area contributed by atoms with Gasteiger partial charge in [0.2, 0.25) is 0 Å². The SMILES string of the molecule is [CH2-]CC1(C[CH2-])CCCN(C(C)C)C1.[Y]. The molecule has 2 heteroatoms. The molecule has 1 fully saturated rings. The quantitative estimate of drug-likeness (QED) is 0.713. The van der Waals surface area contributed by atoms with Crippen molar-refractivity contribution in [3.63, 3.8) is 0 Å². The molecule has 1 aliphatic heterocycles. The minimum Gasteiger partial charge on any atom is -0.343 e. The van der Waals surface area contributed by atoms with Gasteiger partial charge in [0.15, 0.2) is 0 Å². The molecule has 0 unspecified atom stereocenters. The van der Waals surface area contributed by atoms with Gasteiger partial charge in [0.25, 0.3) is 0 Å². The monoisotopic (exact) mass is 270 g/mol. The maximum absolute atomic E-state index is 4.08. The van der Waals surface area contributed by atoms with Crippen LogP contribution in [0.4, 0.5) is 0 Å². The molecule has 0 saturated carbocycles. The Labute approximate surface area is 115 Å². The average Bonchev–Trinajstić information content (AvgIpc) is 2.18. The first-order valence-corrected chi connectivity index (χ1v) is 5.46. The second kappa shape index (κ2) is 6.60. The molecule has 81 valence electrons. The Bertz CT molecular complexity index is 152. The van der Waals surface area contributed by atoms with Crippen molar-refractivity contribution in [2.75, 3.05) is 13.1 Å². The Balaban J connectivity index is 0.00000169. The zero-order valence-electron chi connectivity index (χ0n) is 9.76. The van der Waals surface area contributed by atoms with Gasteiger partial charge >= 0.3 is 0 Å². The van der Waals surface area contributed by atoms with E-state index < -0.39 is 0 Å². The molecule has 1 saturated heterocycles. The van der Waals surface area contributed by atoms with Gasteiger partial charge in [-0.3, -0.25) is 0 Å². The zero-order chi connectivity index (χ0) is 9.90. The summed E-state index contributed by atoms with van der Waals surface area (Å²) in [7, 11) is 0. The van der Waals surface area contributed by atoms with Gasteiger partial charge in [-0.05, 0) is 33.4 Å². The molecule has 1 radical (unpaired) electrons. The molecule has 0 aromatic carbocycles. The van der Waals surface area contributed by atoms with Crippen LogP contribution in [-0.2, 0) is 32.7 Å². The van der Waals surface area contributed by atoms with Crippen LogP contribution in [-0.4, -0.2) is 24.0 Å². The smallest absolute Gasteiger partial charge is 0.00387 e. The fraction of sp³-hybridized carbons (Fsp3) is 0.833. The van der Waals surface area contributed by atoms with Crippen molar-refractivity contribution in [3.8, 4) is 0 Å². The summed E-state index contributed by atoms with van der Waals surface area (Å²) in [5.74, 6) is 0. The number of nitrogens with zero attached hydrogens (tertiary/aromatic N) is 1. The first-order chi connectivity index (χ1) is 6.13. The predicted octanol–water partition coefficient (Wildman–Crippen LogP) is 2.92. The van der Waals surface area contributed by atoms with Crippen LogP contribution in [0.5, 0.6) is 0 Å². The third kappa shape index (κ3) is 3.57. The average molecular weight is 270 g/mol. The summed E-state index contributed by atoms with van der Waals surface area (Å²) >= 11 is 0. The van der Waals surface area contributed by atoms with Crippen molar-refractivity contribution in [3.05, 3.63) is 13.8 Å². The molecule has 14 heavy (non-hydrogen) atoms. The van der Waals surface area contributed by atoms with Gasteiger partial charge in [-0.15, -0.1) is 0 Å². The fourth-order valence-corrected chi connectivity index (χ4v) is 2.22. The Morgan fingerprint density at radius 3 is 2.29 bits per heavy atom. The topological polar surface area (TPSA) is 3.24 Å². The van der Waals surface area contributed by atoms with E-state index in [1.54, 1.807) is 0 Å². The molecule has 0 aromatic rings. The van der Waals surface area contributed by atoms with Crippen LogP contribution in [0.25, 0.3) is 0 Å². The summed E-state index contributed by atoms with van der Waals surface area (Å²) in [6.07, 6.45) is 4.73. The number of hydrogen-bond acceptors (Lipinski definition) is 1. The predicted molar refractivity (Wildman–Crippen MR) is 58.3 cm³/mol. The van der Waals surface area contributed by atoms with E-state index in [-0.39, 0.29) is 32.7 Å². The van der Waals surface area contributed by atoms with Crippen LogP contribution in [0, 0.1) is 19.3 Å². The van der Waals surface area contributed by atoms with E-state index in [9.17, 15) is 0 Å². The molecule has 0 aliphatic carbocycles. The molecule has 1 aliphatic rings. The van der Waals surface area contributed by atoms with Crippen molar-refractivity contribution in [1.82, 2.24) is 4.90 Å². The van der Waals surface area contributed by atoms with Gasteiger partial charge in [0, 0.05) is 38.8 Å². The Hall–Kier alpha value is 1.06. The van der Waals surface area contributed by atoms with E-state index in [0.29, 0.717) is 11.5 Å². The third-order valence-electron chi connectivity index (χ3n) is 3.48. The van der Waals surface area contributed by atoms with Gasteiger partial charge in [-0.1, -0.05) is 11.8 Å². The number of likely N-dealkylation sites (tertiary alicyclic amines) is 1. The normalized spacial score (nSPS) is 22.1. The standard InChI is InChI=1S/C12H23N.Y/c1-5-12(6-2)8-7-9-13(10-12)11(3)4;/h11H,1-2,5-10H2,3-4H3;/q-2;. The maximum Gasteiger partial charge on any atom is 0.00387 e. The summed E-state index contributed by atoms with van der Waals surface area (Å²) in [4.78, 5) is 2.57. The van der Waals surface area contributed by atoms with Crippen LogP contribution in [0.15, 0.2) is 0 Å². The largest absolute Gasteiger partial charge is 0.343 e. The Kier molecular flexibility index (Phi) is 7.11. The van der Waals surface area contributed by atoms with E-state index in [2.05, 4.69) is 32.6 Å². The Morgan fingerprint density at radius 2 is 1.86 bits per heavy atom. The molecule has 1 rings (SSSR count). The van der Waals surface area contributed by atoms with E-state index >= 15 is 0 Å². The molecule has 0 amide bonds. The fourth-order valence-electron chi connectivity index (χ4n) is 2.22. The summed E-state index contributed by atoms with van der Waals surface area (Å²) in [5.41, 5.74) is 0.419. The van der Waals surface area contributed by atoms with E-state index in [0.717, 1.165) is 12.8 Å². The van der Waals surface area contributed by atoms with Gasteiger partial charge in [-0.25, -0.2) is 0 Å². The molecule has 0 spiro atoms. The first-order valence-electron chi connectivity index (χ1n) is 5.46. The zero-order valence-corrected chi connectivity index (χ0v) is 12.6. The molecule has 1 heterocycles. The number of piperidine rings is 1. The summed E-state index contributed by atoms with van der Waals surface area (Å²) in [5, 5.41) is 0. The van der Waals surface area contributed by atoms with Crippen molar-refractivity contribution in [1.29, 1.82) is 0 Å². The van der Waals surface area contributed by atoms with Crippen LogP contribution < -0.4 is 0 Å². The first kappa shape index (κ1) is 15.1. The number of rotatable bonds is 3. The van der Waals surface area contributed by atoms with E-state index in [1.165, 1.54) is 25.9 Å². The van der Waals surface area contributed by atoms with Crippen LogP contribution in [0.3, 0.4) is 0 Å². The minimum absolute atomic E-state index is 0. The second-order valence-corrected chi connectivity index (χ2v) is 4.67. The maximum atomic E-state index is 4.08. The third-order valence-corrected chi connectivity index (χ3v) is 3.48.